The van der Waals surface area contributed by atoms with Crippen LogP contribution < -0.4 is 29.6 Å². The molecule has 0 radical (unpaired) electrons. The van der Waals surface area contributed by atoms with Gasteiger partial charge < -0.3 is 9.29 Å². The normalized spacial score (nSPS) is 18.5. The molecule has 15 heavy (non-hydrogen) atoms. The molecule has 0 aromatic carbocycles. The van der Waals surface area contributed by atoms with E-state index >= 15 is 0 Å². The predicted molar refractivity (Wildman–Crippen MR) is 52.0 cm³/mol. The van der Waals surface area contributed by atoms with Crippen molar-refractivity contribution in [3.63, 3.8) is 0 Å². The second-order valence-corrected chi connectivity index (χ2v) is 5.36. The first-order valence-electron chi connectivity index (χ1n) is 5.09. The van der Waals surface area contributed by atoms with Gasteiger partial charge in [0, 0.05) is 6.61 Å². The maximum atomic E-state index is 10.2. The molecule has 0 saturated heterocycles. The average molecular weight is 244 g/mol. The first-order valence-corrected chi connectivity index (χ1v) is 6.67. The van der Waals surface area contributed by atoms with Gasteiger partial charge in [-0.2, -0.15) is 0 Å². The Kier molecular flexibility index (Phi) is 8.50. The fraction of sp³-hybridized carbons (Fsp3) is 1.00. The molecule has 1 saturated carbocycles. The summed E-state index contributed by atoms with van der Waals surface area (Å²) in [7, 11) is -4.10. The molecule has 0 aliphatic heterocycles. The number of hydrogen-bond donors (Lipinski definition) is 0. The summed E-state index contributed by atoms with van der Waals surface area (Å²) >= 11 is 0. The summed E-state index contributed by atoms with van der Waals surface area (Å²) in [5, 5.41) is 0. The van der Waals surface area contributed by atoms with Gasteiger partial charge in [-0.05, 0) is 18.8 Å². The number of ether oxygens (including phenoxy) is 1. The molecule has 0 N–H and O–H groups in total. The van der Waals surface area contributed by atoms with Crippen molar-refractivity contribution in [1.29, 1.82) is 0 Å². The third-order valence-electron chi connectivity index (χ3n) is 2.56. The second kappa shape index (κ2) is 8.03. The van der Waals surface area contributed by atoms with Gasteiger partial charge in [0.15, 0.2) is 0 Å². The molecular formula is C9H17NaO4S. The maximum Gasteiger partial charge on any atom is 1.00 e. The monoisotopic (exact) mass is 244 g/mol. The van der Waals surface area contributed by atoms with E-state index in [0.717, 1.165) is 0 Å². The zero-order valence-electron chi connectivity index (χ0n) is 9.28. The Morgan fingerprint density at radius 3 is 2.33 bits per heavy atom. The van der Waals surface area contributed by atoms with Crippen LogP contribution in [0.5, 0.6) is 0 Å². The van der Waals surface area contributed by atoms with E-state index in [0.29, 0.717) is 12.5 Å². The molecule has 0 amide bonds. The average Bonchev–Trinajstić information content (AvgIpc) is 2.13. The molecule has 0 heterocycles. The van der Waals surface area contributed by atoms with Gasteiger partial charge in [-0.3, -0.25) is 0 Å². The quantitative estimate of drug-likeness (QED) is 0.323. The Morgan fingerprint density at radius 2 is 1.80 bits per heavy atom. The largest absolute Gasteiger partial charge is 1.00 e. The van der Waals surface area contributed by atoms with E-state index in [1.807, 2.05) is 0 Å². The Bertz CT molecular complexity index is 247. The molecule has 0 atom stereocenters. The Labute approximate surface area is 114 Å². The molecule has 0 aromatic rings. The van der Waals surface area contributed by atoms with Crippen LogP contribution in [0, 0.1) is 5.92 Å². The van der Waals surface area contributed by atoms with Crippen molar-refractivity contribution >= 4 is 10.1 Å². The fourth-order valence-electron chi connectivity index (χ4n) is 1.76. The van der Waals surface area contributed by atoms with Crippen LogP contribution in [0.2, 0.25) is 0 Å². The maximum absolute atomic E-state index is 10.2. The SMILES string of the molecule is O=S(=O)([O-])CCOCC1CCCCC1.[Na+]. The Morgan fingerprint density at radius 1 is 1.20 bits per heavy atom. The minimum Gasteiger partial charge on any atom is -0.748 e. The van der Waals surface area contributed by atoms with E-state index in [1.165, 1.54) is 32.1 Å². The van der Waals surface area contributed by atoms with Crippen LogP contribution >= 0.6 is 0 Å². The number of hydrogen-bond acceptors (Lipinski definition) is 4. The van der Waals surface area contributed by atoms with Crippen molar-refractivity contribution in [3.8, 4) is 0 Å². The van der Waals surface area contributed by atoms with Gasteiger partial charge >= 0.3 is 29.6 Å². The topological polar surface area (TPSA) is 66.4 Å². The van der Waals surface area contributed by atoms with Crippen LogP contribution in [0.25, 0.3) is 0 Å². The summed E-state index contributed by atoms with van der Waals surface area (Å²) in [5.41, 5.74) is 0. The standard InChI is InChI=1S/C9H18O4S.Na/c10-14(11,12)7-6-13-8-9-4-2-1-3-5-9;/h9H,1-8H2,(H,10,11,12);/q;+1/p-1. The van der Waals surface area contributed by atoms with E-state index < -0.39 is 15.9 Å². The van der Waals surface area contributed by atoms with Crippen LogP contribution in [-0.2, 0) is 14.9 Å². The molecule has 4 nitrogen and oxygen atoms in total. The fourth-order valence-corrected chi connectivity index (χ4v) is 2.09. The van der Waals surface area contributed by atoms with Gasteiger partial charge in [0.1, 0.15) is 0 Å². The Balaban J connectivity index is 0.00000196. The van der Waals surface area contributed by atoms with E-state index in [1.54, 1.807) is 0 Å². The first-order chi connectivity index (χ1) is 6.58. The molecular weight excluding hydrogens is 227 g/mol. The van der Waals surface area contributed by atoms with Crippen molar-refractivity contribution < 1.29 is 47.3 Å². The van der Waals surface area contributed by atoms with Gasteiger partial charge in [-0.15, -0.1) is 0 Å². The van der Waals surface area contributed by atoms with Crippen LogP contribution in [0.15, 0.2) is 0 Å². The van der Waals surface area contributed by atoms with Gasteiger partial charge in [-0.25, -0.2) is 8.42 Å². The molecule has 0 spiro atoms. The van der Waals surface area contributed by atoms with Crippen LogP contribution in [-0.4, -0.2) is 31.9 Å². The minimum absolute atomic E-state index is 0. The van der Waals surface area contributed by atoms with Crippen molar-refractivity contribution in [2.45, 2.75) is 32.1 Å². The molecule has 1 aliphatic carbocycles. The molecule has 0 unspecified atom stereocenters. The van der Waals surface area contributed by atoms with Crippen LogP contribution in [0.3, 0.4) is 0 Å². The summed E-state index contributed by atoms with van der Waals surface area (Å²) < 4.78 is 35.9. The second-order valence-electron chi connectivity index (χ2n) is 3.84. The summed E-state index contributed by atoms with van der Waals surface area (Å²) in [6.45, 7) is 0.651. The van der Waals surface area contributed by atoms with Crippen LogP contribution in [0.4, 0.5) is 0 Å². The third kappa shape index (κ3) is 8.65. The first kappa shape index (κ1) is 15.9. The van der Waals surface area contributed by atoms with Crippen molar-refractivity contribution in [2.75, 3.05) is 19.0 Å². The van der Waals surface area contributed by atoms with Crippen LogP contribution in [0.1, 0.15) is 32.1 Å². The Hall–Kier alpha value is 0.870. The van der Waals surface area contributed by atoms with E-state index in [9.17, 15) is 13.0 Å². The summed E-state index contributed by atoms with van der Waals surface area (Å²) in [6.07, 6.45) is 6.13. The van der Waals surface area contributed by atoms with Crippen molar-refractivity contribution in [1.82, 2.24) is 0 Å². The molecule has 1 rings (SSSR count). The van der Waals surface area contributed by atoms with Gasteiger partial charge in [-0.1, -0.05) is 19.3 Å². The van der Waals surface area contributed by atoms with Crippen molar-refractivity contribution in [2.24, 2.45) is 5.92 Å². The summed E-state index contributed by atoms with van der Waals surface area (Å²) in [5.74, 6) is 0.165. The number of rotatable bonds is 5. The molecule has 6 heteroatoms. The smallest absolute Gasteiger partial charge is 0.748 e. The molecule has 0 aromatic heterocycles. The summed E-state index contributed by atoms with van der Waals surface area (Å²) in [6, 6.07) is 0. The van der Waals surface area contributed by atoms with E-state index in [4.69, 9.17) is 4.74 Å². The molecule has 1 fully saturated rings. The molecule has 84 valence electrons. The zero-order chi connectivity index (χ0) is 10.4. The van der Waals surface area contributed by atoms with Gasteiger partial charge in [0.2, 0.25) is 0 Å². The summed E-state index contributed by atoms with van der Waals surface area (Å²) in [4.78, 5) is 0. The predicted octanol–water partition coefficient (Wildman–Crippen LogP) is -1.87. The van der Waals surface area contributed by atoms with E-state index in [-0.39, 0.29) is 36.2 Å². The van der Waals surface area contributed by atoms with Gasteiger partial charge in [0.25, 0.3) is 0 Å². The molecule has 1 aliphatic rings. The van der Waals surface area contributed by atoms with Crippen molar-refractivity contribution in [3.05, 3.63) is 0 Å². The van der Waals surface area contributed by atoms with Gasteiger partial charge in [0.05, 0.1) is 22.5 Å². The minimum atomic E-state index is -4.10. The third-order valence-corrected chi connectivity index (χ3v) is 3.22. The zero-order valence-corrected chi connectivity index (χ0v) is 12.1. The molecule has 0 bridgehead atoms. The van der Waals surface area contributed by atoms with E-state index in [2.05, 4.69) is 0 Å².